The number of esters is 1. The Morgan fingerprint density at radius 2 is 0.982 bits per heavy atom. The topological polar surface area (TPSA) is 91.3 Å². The number of hydrogen-bond acceptors (Lipinski definition) is 6. The number of allylic oxidation sites excluding steroid dienone is 11. The summed E-state index contributed by atoms with van der Waals surface area (Å²) in [5.41, 5.74) is 0. The minimum atomic E-state index is -4.32. The number of ether oxygens (including phenoxy) is 2. The van der Waals surface area contributed by atoms with Crippen molar-refractivity contribution in [1.82, 2.24) is 0 Å². The highest BCUT2D eigenvalue weighted by Crippen LogP contribution is 2.43. The van der Waals surface area contributed by atoms with Crippen LogP contribution in [0.5, 0.6) is 0 Å². The Labute approximate surface area is 344 Å². The molecule has 8 nitrogen and oxygen atoms in total. The van der Waals surface area contributed by atoms with Crippen molar-refractivity contribution in [2.75, 3.05) is 54.1 Å². The van der Waals surface area contributed by atoms with Crippen molar-refractivity contribution in [2.24, 2.45) is 0 Å². The second-order valence-electron chi connectivity index (χ2n) is 15.9. The number of nitrogens with zero attached hydrogens (tertiary/aromatic N) is 1. The van der Waals surface area contributed by atoms with Crippen LogP contribution in [-0.2, 0) is 27.9 Å². The number of rotatable bonds is 40. The van der Waals surface area contributed by atoms with Crippen LogP contribution < -0.4 is 0 Å². The van der Waals surface area contributed by atoms with Gasteiger partial charge in [-0.3, -0.25) is 9.05 Å². The van der Waals surface area contributed by atoms with E-state index in [0.717, 1.165) is 19.3 Å². The summed E-state index contributed by atoms with van der Waals surface area (Å²) in [5.74, 6) is -0.591. The van der Waals surface area contributed by atoms with Crippen LogP contribution in [0.3, 0.4) is 0 Å². The molecule has 0 aromatic rings. The first-order valence-corrected chi connectivity index (χ1v) is 23.8. The van der Waals surface area contributed by atoms with Crippen LogP contribution in [-0.4, -0.2) is 75.6 Å². The highest BCUT2D eigenvalue weighted by Gasteiger charge is 2.26. The van der Waals surface area contributed by atoms with Crippen LogP contribution in [0.2, 0.25) is 0 Å². The Hall–Kier alpha value is -2.06. The highest BCUT2D eigenvalue weighted by atomic mass is 31.2. The fourth-order valence-electron chi connectivity index (χ4n) is 5.80. The summed E-state index contributed by atoms with van der Waals surface area (Å²) in [6.07, 6.45) is 51.5. The largest absolute Gasteiger partial charge is 0.472 e. The van der Waals surface area contributed by atoms with Crippen LogP contribution in [0, 0.1) is 0 Å². The molecule has 1 N–H and O–H groups in total. The normalized spacial score (nSPS) is 14.5. The van der Waals surface area contributed by atoms with Crippen LogP contribution in [0.15, 0.2) is 72.9 Å². The summed E-state index contributed by atoms with van der Waals surface area (Å²) in [5, 5.41) is 0. The van der Waals surface area contributed by atoms with E-state index in [-0.39, 0.29) is 19.8 Å². The predicted molar refractivity (Wildman–Crippen MR) is 238 cm³/mol. The van der Waals surface area contributed by atoms with Crippen LogP contribution in [0.25, 0.3) is 0 Å². The Morgan fingerprint density at radius 3 is 1.46 bits per heavy atom. The molecule has 324 valence electrons. The van der Waals surface area contributed by atoms with Crippen LogP contribution in [0.4, 0.5) is 0 Å². The van der Waals surface area contributed by atoms with Gasteiger partial charge >= 0.3 is 13.8 Å². The van der Waals surface area contributed by atoms with Gasteiger partial charge in [0.05, 0.1) is 34.4 Å². The van der Waals surface area contributed by atoms with E-state index in [2.05, 4.69) is 26.0 Å². The second kappa shape index (κ2) is 39.8. The van der Waals surface area contributed by atoms with Gasteiger partial charge in [-0.25, -0.2) is 9.36 Å². The molecule has 0 heterocycles. The van der Waals surface area contributed by atoms with E-state index in [0.29, 0.717) is 17.6 Å². The third-order valence-electron chi connectivity index (χ3n) is 9.26. The number of carbonyl (C=O) groups is 1. The van der Waals surface area contributed by atoms with E-state index in [9.17, 15) is 14.3 Å². The molecule has 0 aliphatic heterocycles. The molecular formula is C47H85NO7P+. The van der Waals surface area contributed by atoms with Gasteiger partial charge in [0, 0.05) is 12.7 Å². The molecule has 0 aliphatic carbocycles. The van der Waals surface area contributed by atoms with Crippen LogP contribution in [0.1, 0.15) is 162 Å². The molecule has 0 aromatic heterocycles. The summed E-state index contributed by atoms with van der Waals surface area (Å²) in [4.78, 5) is 22.7. The minimum absolute atomic E-state index is 0.0597. The maximum Gasteiger partial charge on any atom is 0.472 e. The van der Waals surface area contributed by atoms with E-state index in [1.807, 2.05) is 63.7 Å². The lowest BCUT2D eigenvalue weighted by molar-refractivity contribution is -0.870. The molecule has 0 radical (unpaired) electrons. The summed E-state index contributed by atoms with van der Waals surface area (Å²) >= 11 is 0. The van der Waals surface area contributed by atoms with Crippen LogP contribution >= 0.6 is 7.82 Å². The van der Waals surface area contributed by atoms with Gasteiger partial charge in [-0.05, 0) is 19.3 Å². The molecule has 0 aliphatic rings. The molecule has 0 saturated carbocycles. The Bertz CT molecular complexity index is 1120. The van der Waals surface area contributed by atoms with Crippen molar-refractivity contribution in [1.29, 1.82) is 0 Å². The van der Waals surface area contributed by atoms with E-state index < -0.39 is 19.9 Å². The summed E-state index contributed by atoms with van der Waals surface area (Å²) < 4.78 is 34.7. The molecule has 0 saturated heterocycles. The maximum atomic E-state index is 12.6. The van der Waals surface area contributed by atoms with E-state index in [4.69, 9.17) is 18.5 Å². The van der Waals surface area contributed by atoms with Gasteiger partial charge in [0.1, 0.15) is 19.3 Å². The molecular weight excluding hydrogens is 721 g/mol. The van der Waals surface area contributed by atoms with Gasteiger partial charge < -0.3 is 18.9 Å². The molecule has 2 unspecified atom stereocenters. The first kappa shape index (κ1) is 53.9. The van der Waals surface area contributed by atoms with E-state index in [1.165, 1.54) is 134 Å². The van der Waals surface area contributed by atoms with Crippen molar-refractivity contribution >= 4 is 13.8 Å². The molecule has 56 heavy (non-hydrogen) atoms. The Kier molecular flexibility index (Phi) is 38.3. The lowest BCUT2D eigenvalue weighted by Crippen LogP contribution is -2.37. The molecule has 9 heteroatoms. The zero-order valence-corrected chi connectivity index (χ0v) is 37.5. The van der Waals surface area contributed by atoms with Crippen molar-refractivity contribution < 1.29 is 37.3 Å². The average molecular weight is 807 g/mol. The molecule has 0 aromatic carbocycles. The highest BCUT2D eigenvalue weighted by molar-refractivity contribution is 7.47. The second-order valence-corrected chi connectivity index (χ2v) is 17.4. The maximum absolute atomic E-state index is 12.6. The van der Waals surface area contributed by atoms with E-state index >= 15 is 0 Å². The van der Waals surface area contributed by atoms with Crippen molar-refractivity contribution in [3.63, 3.8) is 0 Å². The molecule has 0 rings (SSSR count). The SMILES string of the molecule is CCCCCCCCC/C=C/C=C/C=C/C=C/C=C/C=C/C(=O)OC(COCCCCCCCCCCCCCCCCC)COP(=O)(O)OCC[N+](C)(C)C. The number of phosphoric ester groups is 1. The number of carbonyl (C=O) groups excluding carboxylic acids is 1. The third kappa shape index (κ3) is 43.1. The van der Waals surface area contributed by atoms with Crippen molar-refractivity contribution in [3.8, 4) is 0 Å². The minimum Gasteiger partial charge on any atom is -0.454 e. The summed E-state index contributed by atoms with van der Waals surface area (Å²) in [6, 6.07) is 0. The van der Waals surface area contributed by atoms with Gasteiger partial charge in [0.25, 0.3) is 0 Å². The Morgan fingerprint density at radius 1 is 0.554 bits per heavy atom. The Balaban J connectivity index is 4.49. The number of hydrogen-bond donors (Lipinski definition) is 1. The fraction of sp³-hybridized carbons (Fsp3) is 0.723. The zero-order valence-electron chi connectivity index (χ0n) is 36.6. The van der Waals surface area contributed by atoms with Gasteiger partial charge in [0.15, 0.2) is 0 Å². The quantitative estimate of drug-likeness (QED) is 0.0165. The third-order valence-corrected chi connectivity index (χ3v) is 10.2. The number of unbranched alkanes of at least 4 members (excludes halogenated alkanes) is 21. The molecule has 0 spiro atoms. The lowest BCUT2D eigenvalue weighted by Gasteiger charge is -2.24. The number of phosphoric acid groups is 1. The van der Waals surface area contributed by atoms with Gasteiger partial charge in [-0.15, -0.1) is 0 Å². The lowest BCUT2D eigenvalue weighted by atomic mass is 10.0. The summed E-state index contributed by atoms with van der Waals surface area (Å²) in [7, 11) is 1.57. The predicted octanol–water partition coefficient (Wildman–Crippen LogP) is 13.1. The molecule has 0 bridgehead atoms. The number of likely N-dealkylation sites (N-methyl/N-ethyl adjacent to an activating group) is 1. The average Bonchev–Trinajstić information content (AvgIpc) is 3.15. The monoisotopic (exact) mass is 807 g/mol. The molecule has 0 fully saturated rings. The standard InChI is InChI=1S/C47H84NO7P/c1-6-8-10-12-14-16-18-20-22-23-24-25-26-28-30-32-34-36-38-40-47(49)55-46(45-54-56(50,51)53-43-41-48(3,4)5)44-52-42-39-37-35-33-31-29-27-21-19-17-15-13-11-9-7-2/h22-26,28,30,32,34,36,38,40,46H,6-21,27,29,31,33,35,37,39,41-45H2,1-5H3/p+1/b23-22+,25-24+,28-26+,32-30+,36-34+,40-38+. The van der Waals surface area contributed by atoms with Gasteiger partial charge in [0.2, 0.25) is 0 Å². The smallest absolute Gasteiger partial charge is 0.454 e. The number of quaternary nitrogens is 1. The van der Waals surface area contributed by atoms with Crippen molar-refractivity contribution in [3.05, 3.63) is 72.9 Å². The molecule has 2 atom stereocenters. The zero-order chi connectivity index (χ0) is 41.3. The van der Waals surface area contributed by atoms with Crippen molar-refractivity contribution in [2.45, 2.75) is 168 Å². The fourth-order valence-corrected chi connectivity index (χ4v) is 6.54. The van der Waals surface area contributed by atoms with Gasteiger partial charge in [-0.1, -0.05) is 209 Å². The first-order valence-electron chi connectivity index (χ1n) is 22.3. The van der Waals surface area contributed by atoms with E-state index in [1.54, 1.807) is 12.2 Å². The first-order chi connectivity index (χ1) is 27.1. The summed E-state index contributed by atoms with van der Waals surface area (Å²) in [6.45, 7) is 5.38. The van der Waals surface area contributed by atoms with Gasteiger partial charge in [-0.2, -0.15) is 0 Å². The molecule has 0 amide bonds.